The molecule has 1 unspecified atom stereocenters. The summed E-state index contributed by atoms with van der Waals surface area (Å²) in [6.07, 6.45) is 0.608. The Labute approximate surface area is 208 Å². The van der Waals surface area contributed by atoms with Crippen molar-refractivity contribution in [2.45, 2.75) is 12.6 Å². The summed E-state index contributed by atoms with van der Waals surface area (Å²) in [5.41, 5.74) is 7.31. The summed E-state index contributed by atoms with van der Waals surface area (Å²) >= 11 is 0. The second-order valence-electron chi connectivity index (χ2n) is 7.89. The zero-order valence-electron chi connectivity index (χ0n) is 20.0. The number of benzene rings is 3. The van der Waals surface area contributed by atoms with Crippen LogP contribution in [0.1, 0.15) is 16.7 Å². The predicted octanol–water partition coefficient (Wildman–Crippen LogP) is 3.54. The van der Waals surface area contributed by atoms with E-state index in [0.29, 0.717) is 34.9 Å². The van der Waals surface area contributed by atoms with Crippen LogP contribution in [0.3, 0.4) is 0 Å². The van der Waals surface area contributed by atoms with Gasteiger partial charge >= 0.3 is 0 Å². The Morgan fingerprint density at radius 2 is 1.72 bits per heavy atom. The molecular weight excluding hydrogens is 470 g/mol. The summed E-state index contributed by atoms with van der Waals surface area (Å²) in [6.45, 7) is 0.814. The fourth-order valence-electron chi connectivity index (χ4n) is 3.42. The van der Waals surface area contributed by atoms with Gasteiger partial charge in [0.15, 0.2) is 11.6 Å². The highest BCUT2D eigenvalue weighted by Crippen LogP contribution is 2.25. The van der Waals surface area contributed by atoms with Crippen molar-refractivity contribution in [1.82, 2.24) is 5.32 Å². The summed E-state index contributed by atoms with van der Waals surface area (Å²) in [7, 11) is 3.16. The first-order chi connectivity index (χ1) is 17.3. The molecule has 0 aliphatic carbocycles. The van der Waals surface area contributed by atoms with E-state index >= 15 is 0 Å². The number of aliphatic hydroxyl groups is 1. The standard InChI is InChI=1S/C27H28F2N2O5/c1-34-22-9-6-19(26(13-22)35-2)14-31-15-20(32)16-36-21-7-4-18(5-8-21)23(27(30)33)11-17-3-10-24(28)25(29)12-17/h3-13,20,31-32H,14-16H2,1-2H3,(H2,30,33). The third-order valence-corrected chi connectivity index (χ3v) is 5.32. The van der Waals surface area contributed by atoms with E-state index < -0.39 is 23.6 Å². The molecule has 0 spiro atoms. The quantitative estimate of drug-likeness (QED) is 0.261. The van der Waals surface area contributed by atoms with Crippen LogP contribution in [-0.4, -0.2) is 44.5 Å². The fourth-order valence-corrected chi connectivity index (χ4v) is 3.42. The van der Waals surface area contributed by atoms with Crippen LogP contribution in [0.2, 0.25) is 0 Å². The van der Waals surface area contributed by atoms with E-state index in [1.54, 1.807) is 44.6 Å². The largest absolute Gasteiger partial charge is 0.497 e. The van der Waals surface area contributed by atoms with Gasteiger partial charge in [-0.05, 0) is 47.5 Å². The molecule has 0 saturated heterocycles. The van der Waals surface area contributed by atoms with Crippen LogP contribution in [0, 0.1) is 11.6 Å². The second-order valence-corrected chi connectivity index (χ2v) is 7.89. The van der Waals surface area contributed by atoms with Crippen molar-refractivity contribution in [3.05, 3.63) is 89.0 Å². The first-order valence-electron chi connectivity index (χ1n) is 11.1. The molecule has 4 N–H and O–H groups in total. The van der Waals surface area contributed by atoms with Crippen molar-refractivity contribution in [3.63, 3.8) is 0 Å². The van der Waals surface area contributed by atoms with E-state index in [9.17, 15) is 18.7 Å². The lowest BCUT2D eigenvalue weighted by Crippen LogP contribution is -2.31. The number of carbonyl (C=O) groups is 1. The van der Waals surface area contributed by atoms with Gasteiger partial charge in [-0.2, -0.15) is 0 Å². The minimum absolute atomic E-state index is 0.0411. The lowest BCUT2D eigenvalue weighted by Gasteiger charge is -2.15. The molecule has 190 valence electrons. The van der Waals surface area contributed by atoms with Gasteiger partial charge < -0.3 is 30.4 Å². The highest BCUT2D eigenvalue weighted by atomic mass is 19.2. The summed E-state index contributed by atoms with van der Waals surface area (Å²) in [4.78, 5) is 11.9. The van der Waals surface area contributed by atoms with Crippen LogP contribution in [-0.2, 0) is 11.3 Å². The molecule has 0 aromatic heterocycles. The number of carbonyl (C=O) groups excluding carboxylic acids is 1. The van der Waals surface area contributed by atoms with Gasteiger partial charge in [-0.15, -0.1) is 0 Å². The van der Waals surface area contributed by atoms with Crippen molar-refractivity contribution >= 4 is 17.6 Å². The number of methoxy groups -OCH3 is 2. The van der Waals surface area contributed by atoms with Gasteiger partial charge in [-0.3, -0.25) is 4.79 Å². The van der Waals surface area contributed by atoms with Crippen LogP contribution in [0.4, 0.5) is 8.78 Å². The van der Waals surface area contributed by atoms with Crippen LogP contribution < -0.4 is 25.3 Å². The number of ether oxygens (including phenoxy) is 3. The normalized spacial score (nSPS) is 12.2. The Balaban J connectivity index is 1.54. The number of aliphatic hydroxyl groups excluding tert-OH is 1. The molecule has 0 aliphatic rings. The number of primary amides is 1. The van der Waals surface area contributed by atoms with Gasteiger partial charge in [0, 0.05) is 30.3 Å². The Morgan fingerprint density at radius 1 is 1.00 bits per heavy atom. The van der Waals surface area contributed by atoms with Gasteiger partial charge in [0.2, 0.25) is 5.91 Å². The number of hydrogen-bond acceptors (Lipinski definition) is 6. The molecule has 0 saturated carbocycles. The molecule has 9 heteroatoms. The van der Waals surface area contributed by atoms with Crippen molar-refractivity contribution in [2.24, 2.45) is 5.73 Å². The van der Waals surface area contributed by atoms with E-state index in [4.69, 9.17) is 19.9 Å². The number of rotatable bonds is 12. The van der Waals surface area contributed by atoms with Crippen molar-refractivity contribution < 1.29 is 32.9 Å². The molecule has 3 rings (SSSR count). The smallest absolute Gasteiger partial charge is 0.249 e. The van der Waals surface area contributed by atoms with Gasteiger partial charge in [0.25, 0.3) is 0 Å². The third-order valence-electron chi connectivity index (χ3n) is 5.32. The topological polar surface area (TPSA) is 103 Å². The number of nitrogens with one attached hydrogen (secondary N) is 1. The first kappa shape index (κ1) is 26.7. The first-order valence-corrected chi connectivity index (χ1v) is 11.1. The average Bonchev–Trinajstić information content (AvgIpc) is 2.88. The summed E-state index contributed by atoms with van der Waals surface area (Å²) in [6, 6.07) is 15.3. The number of halogens is 2. The number of amides is 1. The maximum atomic E-state index is 13.5. The van der Waals surface area contributed by atoms with Gasteiger partial charge in [0.1, 0.15) is 30.0 Å². The molecule has 0 heterocycles. The maximum Gasteiger partial charge on any atom is 0.249 e. The maximum absolute atomic E-state index is 13.5. The molecular formula is C27H28F2N2O5. The lowest BCUT2D eigenvalue weighted by atomic mass is 10.0. The Bertz CT molecular complexity index is 1220. The molecule has 0 bridgehead atoms. The highest BCUT2D eigenvalue weighted by Gasteiger charge is 2.12. The van der Waals surface area contributed by atoms with Gasteiger partial charge in [-0.1, -0.05) is 24.3 Å². The second kappa shape index (κ2) is 12.7. The summed E-state index contributed by atoms with van der Waals surface area (Å²) in [5, 5.41) is 13.4. The van der Waals surface area contributed by atoms with Gasteiger partial charge in [-0.25, -0.2) is 8.78 Å². The van der Waals surface area contributed by atoms with E-state index in [2.05, 4.69) is 5.32 Å². The van der Waals surface area contributed by atoms with Crippen molar-refractivity contribution in [1.29, 1.82) is 0 Å². The third kappa shape index (κ3) is 7.27. The zero-order valence-corrected chi connectivity index (χ0v) is 20.0. The molecule has 1 amide bonds. The van der Waals surface area contributed by atoms with E-state index in [-0.39, 0.29) is 18.7 Å². The molecule has 3 aromatic carbocycles. The monoisotopic (exact) mass is 498 g/mol. The molecule has 7 nitrogen and oxygen atoms in total. The summed E-state index contributed by atoms with van der Waals surface area (Å²) < 4.78 is 42.8. The fraction of sp³-hybridized carbons (Fsp3) is 0.222. The minimum Gasteiger partial charge on any atom is -0.497 e. The molecule has 0 aliphatic heterocycles. The SMILES string of the molecule is COc1ccc(CNCC(O)COc2ccc(C(=Cc3ccc(F)c(F)c3)C(N)=O)cc2)c(OC)c1. The average molecular weight is 499 g/mol. The Kier molecular flexibility index (Phi) is 9.38. The molecule has 1 atom stereocenters. The molecule has 0 fully saturated rings. The minimum atomic E-state index is -1.02. The van der Waals surface area contributed by atoms with Crippen LogP contribution >= 0.6 is 0 Å². The summed E-state index contributed by atoms with van der Waals surface area (Å²) in [5.74, 6) is -0.867. The van der Waals surface area contributed by atoms with Crippen LogP contribution in [0.5, 0.6) is 17.2 Å². The lowest BCUT2D eigenvalue weighted by molar-refractivity contribution is -0.112. The molecule has 0 radical (unpaired) electrons. The van der Waals surface area contributed by atoms with E-state index in [1.165, 1.54) is 12.1 Å². The molecule has 3 aromatic rings. The van der Waals surface area contributed by atoms with Gasteiger partial charge in [0.05, 0.1) is 14.2 Å². The zero-order chi connectivity index (χ0) is 26.1. The van der Waals surface area contributed by atoms with Crippen molar-refractivity contribution in [3.8, 4) is 17.2 Å². The number of nitrogens with two attached hydrogens (primary N) is 1. The molecule has 36 heavy (non-hydrogen) atoms. The van der Waals surface area contributed by atoms with E-state index in [1.807, 2.05) is 12.1 Å². The van der Waals surface area contributed by atoms with Crippen LogP contribution in [0.15, 0.2) is 60.7 Å². The highest BCUT2D eigenvalue weighted by molar-refractivity contribution is 6.23. The predicted molar refractivity (Wildman–Crippen MR) is 133 cm³/mol. The van der Waals surface area contributed by atoms with Crippen molar-refractivity contribution in [2.75, 3.05) is 27.4 Å². The van der Waals surface area contributed by atoms with Crippen LogP contribution in [0.25, 0.3) is 11.6 Å². The Morgan fingerprint density at radius 3 is 2.36 bits per heavy atom. The van der Waals surface area contributed by atoms with E-state index in [0.717, 1.165) is 17.7 Å². The number of hydrogen-bond donors (Lipinski definition) is 3. The Hall–Kier alpha value is -3.95.